The highest BCUT2D eigenvalue weighted by molar-refractivity contribution is 7.88. The molecule has 112 valence electrons. The third kappa shape index (κ3) is 4.58. The number of hydrogen-bond acceptors (Lipinski definition) is 3. The van der Waals surface area contributed by atoms with Crippen LogP contribution in [-0.2, 0) is 22.3 Å². The van der Waals surface area contributed by atoms with E-state index in [1.165, 1.54) is 0 Å². The highest BCUT2D eigenvalue weighted by Crippen LogP contribution is 2.24. The number of benzene rings is 1. The third-order valence-electron chi connectivity index (χ3n) is 3.98. The average Bonchev–Trinajstić information content (AvgIpc) is 2.41. The van der Waals surface area contributed by atoms with Crippen molar-refractivity contribution in [3.63, 3.8) is 0 Å². The van der Waals surface area contributed by atoms with Crippen LogP contribution in [0, 0.1) is 5.92 Å². The zero-order valence-electron chi connectivity index (χ0n) is 12.0. The molecule has 1 fully saturated rings. The molecule has 20 heavy (non-hydrogen) atoms. The monoisotopic (exact) mass is 296 g/mol. The van der Waals surface area contributed by atoms with Crippen LogP contribution in [0.15, 0.2) is 24.3 Å². The number of hydrogen-bond donors (Lipinski definition) is 2. The van der Waals surface area contributed by atoms with Gasteiger partial charge in [-0.1, -0.05) is 31.2 Å². The molecule has 0 aliphatic heterocycles. The van der Waals surface area contributed by atoms with Crippen LogP contribution in [0.5, 0.6) is 0 Å². The van der Waals surface area contributed by atoms with E-state index in [0.29, 0.717) is 6.54 Å². The predicted octanol–water partition coefficient (Wildman–Crippen LogP) is 2.14. The molecule has 1 aromatic carbocycles. The number of nitrogens with one attached hydrogen (secondary N) is 1. The molecule has 0 bridgehead atoms. The van der Waals surface area contributed by atoms with Gasteiger partial charge in [-0.3, -0.25) is 0 Å². The molecule has 4 nitrogen and oxygen atoms in total. The van der Waals surface area contributed by atoms with Gasteiger partial charge in [-0.15, -0.1) is 0 Å². The van der Waals surface area contributed by atoms with Crippen LogP contribution in [0.3, 0.4) is 0 Å². The standard InChI is InChI=1S/C15H24N2O2S/c1-12-2-8-15(9-3-12)17-20(18,19)11-14-6-4-13(10-16)5-7-14/h4-7,12,15,17H,2-3,8-11,16H2,1H3. The Morgan fingerprint density at radius 1 is 1.10 bits per heavy atom. The summed E-state index contributed by atoms with van der Waals surface area (Å²) in [6, 6.07) is 7.55. The fourth-order valence-electron chi connectivity index (χ4n) is 2.66. The maximum absolute atomic E-state index is 12.2. The van der Waals surface area contributed by atoms with Crippen LogP contribution in [-0.4, -0.2) is 14.5 Å². The Hall–Kier alpha value is -0.910. The summed E-state index contributed by atoms with van der Waals surface area (Å²) in [6.45, 7) is 2.70. The van der Waals surface area contributed by atoms with Gasteiger partial charge in [-0.2, -0.15) is 0 Å². The van der Waals surface area contributed by atoms with Gasteiger partial charge < -0.3 is 5.73 Å². The normalized spacial score (nSPS) is 23.7. The van der Waals surface area contributed by atoms with Gasteiger partial charge in [-0.05, 0) is 42.7 Å². The highest BCUT2D eigenvalue weighted by Gasteiger charge is 2.22. The van der Waals surface area contributed by atoms with Crippen LogP contribution in [0.4, 0.5) is 0 Å². The lowest BCUT2D eigenvalue weighted by Crippen LogP contribution is -2.37. The molecule has 0 heterocycles. The van der Waals surface area contributed by atoms with Crippen molar-refractivity contribution < 1.29 is 8.42 Å². The summed E-state index contributed by atoms with van der Waals surface area (Å²) in [5.74, 6) is 0.767. The SMILES string of the molecule is CC1CCC(NS(=O)(=O)Cc2ccc(CN)cc2)CC1. The van der Waals surface area contributed by atoms with Crippen LogP contribution in [0.25, 0.3) is 0 Å². The van der Waals surface area contributed by atoms with E-state index < -0.39 is 10.0 Å². The van der Waals surface area contributed by atoms with Gasteiger partial charge in [0.2, 0.25) is 10.0 Å². The molecule has 1 aliphatic carbocycles. The molecule has 1 aromatic rings. The smallest absolute Gasteiger partial charge is 0.216 e. The van der Waals surface area contributed by atoms with Crippen LogP contribution in [0.2, 0.25) is 0 Å². The molecule has 3 N–H and O–H groups in total. The van der Waals surface area contributed by atoms with E-state index in [1.807, 2.05) is 24.3 Å². The molecule has 2 rings (SSSR count). The fraction of sp³-hybridized carbons (Fsp3) is 0.600. The Morgan fingerprint density at radius 2 is 1.65 bits per heavy atom. The fourth-order valence-corrected chi connectivity index (χ4v) is 4.12. The van der Waals surface area contributed by atoms with E-state index in [0.717, 1.165) is 42.7 Å². The van der Waals surface area contributed by atoms with Gasteiger partial charge in [0.25, 0.3) is 0 Å². The van der Waals surface area contributed by atoms with Crippen molar-refractivity contribution in [1.82, 2.24) is 4.72 Å². The lowest BCUT2D eigenvalue weighted by Gasteiger charge is -2.26. The second kappa shape index (κ2) is 6.70. The summed E-state index contributed by atoms with van der Waals surface area (Å²) in [4.78, 5) is 0. The Labute approximate surface area is 121 Å². The zero-order chi connectivity index (χ0) is 14.6. The minimum Gasteiger partial charge on any atom is -0.326 e. The Balaban J connectivity index is 1.92. The second-order valence-electron chi connectivity index (χ2n) is 5.85. The average molecular weight is 296 g/mol. The van der Waals surface area contributed by atoms with Crippen molar-refractivity contribution in [2.45, 2.75) is 50.9 Å². The molecule has 1 saturated carbocycles. The molecular weight excluding hydrogens is 272 g/mol. The van der Waals surface area contributed by atoms with Gasteiger partial charge >= 0.3 is 0 Å². The first-order valence-corrected chi connectivity index (χ1v) is 8.91. The predicted molar refractivity (Wildman–Crippen MR) is 81.5 cm³/mol. The zero-order valence-corrected chi connectivity index (χ0v) is 12.8. The second-order valence-corrected chi connectivity index (χ2v) is 7.61. The van der Waals surface area contributed by atoms with E-state index in [-0.39, 0.29) is 11.8 Å². The van der Waals surface area contributed by atoms with E-state index in [9.17, 15) is 8.42 Å². The largest absolute Gasteiger partial charge is 0.326 e. The van der Waals surface area contributed by atoms with Gasteiger partial charge in [0.05, 0.1) is 5.75 Å². The highest BCUT2D eigenvalue weighted by atomic mass is 32.2. The summed E-state index contributed by atoms with van der Waals surface area (Å²) >= 11 is 0. The summed E-state index contributed by atoms with van der Waals surface area (Å²) in [7, 11) is -3.25. The molecule has 0 radical (unpaired) electrons. The number of nitrogens with two attached hydrogens (primary N) is 1. The maximum Gasteiger partial charge on any atom is 0.216 e. The van der Waals surface area contributed by atoms with Crippen molar-refractivity contribution in [3.8, 4) is 0 Å². The van der Waals surface area contributed by atoms with Gasteiger partial charge in [0.1, 0.15) is 0 Å². The Kier molecular flexibility index (Phi) is 5.18. The van der Waals surface area contributed by atoms with Crippen LogP contribution in [0.1, 0.15) is 43.7 Å². The maximum atomic E-state index is 12.2. The first kappa shape index (κ1) is 15.5. The molecular formula is C15H24N2O2S. The molecule has 0 amide bonds. The van der Waals surface area contributed by atoms with E-state index in [1.54, 1.807) is 0 Å². The third-order valence-corrected chi connectivity index (χ3v) is 5.38. The molecule has 0 spiro atoms. The molecule has 1 aliphatic rings. The number of rotatable bonds is 5. The molecule has 0 aromatic heterocycles. The van der Waals surface area contributed by atoms with Gasteiger partial charge in [-0.25, -0.2) is 13.1 Å². The minimum absolute atomic E-state index is 0.0455. The first-order chi connectivity index (χ1) is 9.48. The lowest BCUT2D eigenvalue weighted by molar-refractivity contribution is 0.332. The molecule has 0 unspecified atom stereocenters. The summed E-state index contributed by atoms with van der Waals surface area (Å²) < 4.78 is 27.2. The summed E-state index contributed by atoms with van der Waals surface area (Å²) in [5.41, 5.74) is 7.35. The molecule has 0 atom stereocenters. The molecule has 0 saturated heterocycles. The quantitative estimate of drug-likeness (QED) is 0.874. The van der Waals surface area contributed by atoms with Crippen LogP contribution >= 0.6 is 0 Å². The summed E-state index contributed by atoms with van der Waals surface area (Å²) in [5, 5.41) is 0. The van der Waals surface area contributed by atoms with E-state index in [2.05, 4.69) is 11.6 Å². The molecule has 5 heteroatoms. The lowest BCUT2D eigenvalue weighted by atomic mass is 9.88. The van der Waals surface area contributed by atoms with E-state index >= 15 is 0 Å². The Bertz CT molecular complexity index is 517. The van der Waals surface area contributed by atoms with Crippen molar-refractivity contribution in [1.29, 1.82) is 0 Å². The Morgan fingerprint density at radius 3 is 2.20 bits per heavy atom. The minimum atomic E-state index is -3.25. The van der Waals surface area contributed by atoms with Crippen molar-refractivity contribution in [2.75, 3.05) is 0 Å². The number of sulfonamides is 1. The van der Waals surface area contributed by atoms with Crippen molar-refractivity contribution in [3.05, 3.63) is 35.4 Å². The first-order valence-electron chi connectivity index (χ1n) is 7.26. The van der Waals surface area contributed by atoms with Crippen molar-refractivity contribution in [2.24, 2.45) is 11.7 Å². The topological polar surface area (TPSA) is 72.2 Å². The van der Waals surface area contributed by atoms with Gasteiger partial charge in [0.15, 0.2) is 0 Å². The summed E-state index contributed by atoms with van der Waals surface area (Å²) in [6.07, 6.45) is 4.12. The van der Waals surface area contributed by atoms with E-state index in [4.69, 9.17) is 5.73 Å². The van der Waals surface area contributed by atoms with Crippen molar-refractivity contribution >= 4 is 10.0 Å². The van der Waals surface area contributed by atoms with Crippen LogP contribution < -0.4 is 10.5 Å². The van der Waals surface area contributed by atoms with Gasteiger partial charge in [0, 0.05) is 12.6 Å².